The molecule has 1 aliphatic heterocycles. The Bertz CT molecular complexity index is 405. The van der Waals surface area contributed by atoms with Crippen molar-refractivity contribution in [1.82, 2.24) is 4.31 Å². The van der Waals surface area contributed by atoms with E-state index in [-0.39, 0.29) is 0 Å². The lowest BCUT2D eigenvalue weighted by molar-refractivity contribution is -0.883. The highest BCUT2D eigenvalue weighted by Gasteiger charge is 2.29. The molecule has 2 heterocycles. The van der Waals surface area contributed by atoms with Crippen LogP contribution in [0.2, 0.25) is 0 Å². The first kappa shape index (κ1) is 11.1. The summed E-state index contributed by atoms with van der Waals surface area (Å²) in [5, 5.41) is 1.80. The Morgan fingerprint density at radius 2 is 2.07 bits per heavy atom. The van der Waals surface area contributed by atoms with Gasteiger partial charge in [-0.05, 0) is 11.4 Å². The topological polar surface area (TPSA) is 41.8 Å². The molecule has 0 atom stereocenters. The molecule has 15 heavy (non-hydrogen) atoms. The van der Waals surface area contributed by atoms with Gasteiger partial charge in [-0.15, -0.1) is 11.3 Å². The van der Waals surface area contributed by atoms with E-state index in [2.05, 4.69) is 7.05 Å². The van der Waals surface area contributed by atoms with Crippen LogP contribution in [0.5, 0.6) is 0 Å². The van der Waals surface area contributed by atoms with Crippen LogP contribution in [0.25, 0.3) is 0 Å². The first-order chi connectivity index (χ1) is 7.10. The van der Waals surface area contributed by atoms with Gasteiger partial charge in [0.2, 0.25) is 0 Å². The summed E-state index contributed by atoms with van der Waals surface area (Å²) in [7, 11) is -1.11. The molecule has 0 amide bonds. The van der Waals surface area contributed by atoms with Gasteiger partial charge in [-0.3, -0.25) is 0 Å². The van der Waals surface area contributed by atoms with Crippen molar-refractivity contribution in [2.24, 2.45) is 0 Å². The van der Waals surface area contributed by atoms with Crippen LogP contribution in [-0.4, -0.2) is 45.9 Å². The van der Waals surface area contributed by atoms with Gasteiger partial charge in [0, 0.05) is 0 Å². The van der Waals surface area contributed by atoms with E-state index in [1.54, 1.807) is 21.8 Å². The van der Waals surface area contributed by atoms with Crippen molar-refractivity contribution < 1.29 is 13.3 Å². The third kappa shape index (κ3) is 2.23. The summed E-state index contributed by atoms with van der Waals surface area (Å²) >= 11 is 1.29. The Kier molecular flexibility index (Phi) is 3.11. The number of piperazine rings is 1. The third-order valence-electron chi connectivity index (χ3n) is 2.67. The van der Waals surface area contributed by atoms with Gasteiger partial charge < -0.3 is 4.90 Å². The van der Waals surface area contributed by atoms with E-state index in [1.807, 2.05) is 0 Å². The van der Waals surface area contributed by atoms with Gasteiger partial charge in [0.25, 0.3) is 10.0 Å². The number of likely N-dealkylation sites (N-methyl/N-ethyl adjacent to an activating group) is 1. The molecule has 0 saturated carbocycles. The number of rotatable bonds is 2. The van der Waals surface area contributed by atoms with Crippen LogP contribution in [0.3, 0.4) is 0 Å². The smallest absolute Gasteiger partial charge is 0.252 e. The van der Waals surface area contributed by atoms with Gasteiger partial charge in [-0.2, -0.15) is 4.31 Å². The number of hydrogen-bond acceptors (Lipinski definition) is 3. The van der Waals surface area contributed by atoms with Crippen LogP contribution in [0.15, 0.2) is 21.7 Å². The molecule has 6 heteroatoms. The van der Waals surface area contributed by atoms with Crippen molar-refractivity contribution in [3.8, 4) is 0 Å². The molecule has 2 rings (SSSR count). The van der Waals surface area contributed by atoms with Crippen molar-refractivity contribution in [3.63, 3.8) is 0 Å². The Morgan fingerprint density at radius 1 is 1.40 bits per heavy atom. The standard InChI is InChI=1S/C9H14N2O2S2/c1-10-4-6-11(7-5-10)15(12,13)9-3-2-8-14-9/h2-3,8H,4-7H2,1H3/p+1. The van der Waals surface area contributed by atoms with E-state index in [0.29, 0.717) is 17.3 Å². The van der Waals surface area contributed by atoms with Crippen LogP contribution in [0, 0.1) is 0 Å². The molecule has 1 aromatic heterocycles. The Hall–Kier alpha value is -0.430. The average Bonchev–Trinajstić information content (AvgIpc) is 2.71. The minimum atomic E-state index is -3.20. The maximum Gasteiger partial charge on any atom is 0.252 e. The summed E-state index contributed by atoms with van der Waals surface area (Å²) in [5.74, 6) is 0. The van der Waals surface area contributed by atoms with Gasteiger partial charge in [-0.1, -0.05) is 6.07 Å². The summed E-state index contributed by atoms with van der Waals surface area (Å²) in [4.78, 5) is 1.40. The number of thiophene rings is 1. The van der Waals surface area contributed by atoms with Crippen molar-refractivity contribution in [1.29, 1.82) is 0 Å². The molecule has 4 nitrogen and oxygen atoms in total. The SMILES string of the molecule is C[NH+]1CCN(S(=O)(=O)c2cccs2)CC1. The van der Waals surface area contributed by atoms with Gasteiger partial charge >= 0.3 is 0 Å². The zero-order valence-corrected chi connectivity index (χ0v) is 10.3. The van der Waals surface area contributed by atoms with E-state index < -0.39 is 10.0 Å². The maximum absolute atomic E-state index is 12.1. The molecule has 0 spiro atoms. The summed E-state index contributed by atoms with van der Waals surface area (Å²) in [6.45, 7) is 3.05. The van der Waals surface area contributed by atoms with Crippen LogP contribution >= 0.6 is 11.3 Å². The normalized spacial score (nSPS) is 20.6. The summed E-state index contributed by atoms with van der Waals surface area (Å²) < 4.78 is 26.2. The summed E-state index contributed by atoms with van der Waals surface area (Å²) in [5.41, 5.74) is 0. The average molecular weight is 247 g/mol. The summed E-state index contributed by atoms with van der Waals surface area (Å²) in [6, 6.07) is 3.45. The van der Waals surface area contributed by atoms with Crippen molar-refractivity contribution in [3.05, 3.63) is 17.5 Å². The fourth-order valence-corrected chi connectivity index (χ4v) is 4.23. The van der Waals surface area contributed by atoms with Gasteiger partial charge in [0.1, 0.15) is 4.21 Å². The van der Waals surface area contributed by atoms with Crippen molar-refractivity contribution in [2.45, 2.75) is 4.21 Å². The van der Waals surface area contributed by atoms with Crippen LogP contribution in [-0.2, 0) is 10.0 Å². The Morgan fingerprint density at radius 3 is 2.60 bits per heavy atom. The molecule has 84 valence electrons. The second-order valence-electron chi connectivity index (χ2n) is 3.79. The van der Waals surface area contributed by atoms with Crippen LogP contribution < -0.4 is 4.90 Å². The molecule has 1 N–H and O–H groups in total. The first-order valence-electron chi connectivity index (χ1n) is 4.95. The minimum absolute atomic E-state index is 0.460. The molecule has 1 saturated heterocycles. The fourth-order valence-electron chi connectivity index (χ4n) is 1.65. The second kappa shape index (κ2) is 4.21. The van der Waals surface area contributed by atoms with E-state index in [1.165, 1.54) is 16.2 Å². The molecule has 0 aliphatic carbocycles. The quantitative estimate of drug-likeness (QED) is 0.748. The predicted octanol–water partition coefficient (Wildman–Crippen LogP) is -0.733. The molecule has 0 bridgehead atoms. The monoisotopic (exact) mass is 247 g/mol. The largest absolute Gasteiger partial charge is 0.335 e. The van der Waals surface area contributed by atoms with E-state index in [9.17, 15) is 8.42 Å². The van der Waals surface area contributed by atoms with E-state index in [4.69, 9.17) is 0 Å². The lowest BCUT2D eigenvalue weighted by Crippen LogP contribution is -3.12. The number of nitrogens with one attached hydrogen (secondary N) is 1. The van der Waals surface area contributed by atoms with Crippen molar-refractivity contribution >= 4 is 21.4 Å². The zero-order valence-electron chi connectivity index (χ0n) is 8.64. The van der Waals surface area contributed by atoms with Gasteiger partial charge in [0.05, 0.1) is 33.2 Å². The van der Waals surface area contributed by atoms with E-state index >= 15 is 0 Å². The zero-order chi connectivity index (χ0) is 10.9. The maximum atomic E-state index is 12.1. The molecule has 1 aromatic rings. The molecule has 1 fully saturated rings. The number of hydrogen-bond donors (Lipinski definition) is 1. The number of nitrogens with zero attached hydrogens (tertiary/aromatic N) is 1. The van der Waals surface area contributed by atoms with Crippen LogP contribution in [0.4, 0.5) is 0 Å². The molecule has 1 aliphatic rings. The Labute approximate surface area is 94.2 Å². The van der Waals surface area contributed by atoms with Crippen LogP contribution in [0.1, 0.15) is 0 Å². The molecular weight excluding hydrogens is 232 g/mol. The third-order valence-corrected chi connectivity index (χ3v) is 5.94. The van der Waals surface area contributed by atoms with Gasteiger partial charge in [0.15, 0.2) is 0 Å². The molecule has 0 radical (unpaired) electrons. The predicted molar refractivity (Wildman–Crippen MR) is 59.7 cm³/mol. The molecule has 0 unspecified atom stereocenters. The van der Waals surface area contributed by atoms with E-state index in [0.717, 1.165) is 13.1 Å². The van der Waals surface area contributed by atoms with Gasteiger partial charge in [-0.25, -0.2) is 8.42 Å². The van der Waals surface area contributed by atoms with Crippen molar-refractivity contribution in [2.75, 3.05) is 33.2 Å². The highest BCUT2D eigenvalue weighted by molar-refractivity contribution is 7.91. The first-order valence-corrected chi connectivity index (χ1v) is 7.27. The minimum Gasteiger partial charge on any atom is -0.335 e. The highest BCUT2D eigenvalue weighted by atomic mass is 32.2. The summed E-state index contributed by atoms with van der Waals surface area (Å²) in [6.07, 6.45) is 0. The fraction of sp³-hybridized carbons (Fsp3) is 0.556. The number of quaternary nitrogens is 1. The lowest BCUT2D eigenvalue weighted by atomic mass is 10.4. The second-order valence-corrected chi connectivity index (χ2v) is 6.91. The number of sulfonamides is 1. The molecule has 0 aromatic carbocycles. The molecular formula is C9H15N2O2S2+. The highest BCUT2D eigenvalue weighted by Crippen LogP contribution is 2.20. The Balaban J connectivity index is 2.17. The lowest BCUT2D eigenvalue weighted by Gasteiger charge is -2.28.